The number of alkyl halides is 3. The Morgan fingerprint density at radius 3 is 1.37 bits per heavy atom. The lowest BCUT2D eigenvalue weighted by molar-refractivity contribution is -0.133. The average Bonchev–Trinajstić information content (AvgIpc) is 4.13. The van der Waals surface area contributed by atoms with Crippen LogP contribution in [0.15, 0.2) is 86.2 Å². The minimum Gasteiger partial charge on any atom is -0.496 e. The van der Waals surface area contributed by atoms with E-state index in [2.05, 4.69) is 30.1 Å². The number of hydrogen-bond donors (Lipinski definition) is 1. The highest BCUT2D eigenvalue weighted by Gasteiger charge is 2.30. The van der Waals surface area contributed by atoms with Crippen LogP contribution in [0.2, 0.25) is 0 Å². The van der Waals surface area contributed by atoms with Gasteiger partial charge in [0.2, 0.25) is 0 Å². The van der Waals surface area contributed by atoms with Crippen LogP contribution in [0.25, 0.3) is 56.0 Å². The Balaban J connectivity index is 0.000000191. The van der Waals surface area contributed by atoms with Gasteiger partial charge in [-0.25, -0.2) is 24.7 Å². The van der Waals surface area contributed by atoms with E-state index in [1.807, 2.05) is 47.7 Å². The highest BCUT2D eigenvalue weighted by Crippen LogP contribution is 2.37. The van der Waals surface area contributed by atoms with Crippen LogP contribution in [0.4, 0.5) is 13.2 Å². The Morgan fingerprint density at radius 2 is 1.02 bits per heavy atom. The number of aromatic carboxylic acids is 1. The molecular formula is C43H41F3N10O7. The molecule has 1 N–H and O–H groups in total. The Bertz CT molecular complexity index is 2900. The average molecular weight is 867 g/mol. The predicted octanol–water partition coefficient (Wildman–Crippen LogP) is 7.87. The number of carboxylic acid groups (broad SMARTS) is 1. The number of pyridine rings is 2. The number of carbonyl (C=O) groups excluding carboxylic acids is 1. The highest BCUT2D eigenvalue weighted by molar-refractivity contribution is 6.02. The first-order chi connectivity index (χ1) is 30.3. The number of aromatic nitrogens is 10. The summed E-state index contributed by atoms with van der Waals surface area (Å²) in [6.45, 7) is 5.57. The third-order valence-corrected chi connectivity index (χ3v) is 10.0. The summed E-state index contributed by atoms with van der Waals surface area (Å²) in [5.74, 6) is -1.26. The number of carbonyl (C=O) groups is 2. The van der Waals surface area contributed by atoms with Crippen molar-refractivity contribution in [2.45, 2.75) is 46.0 Å². The standard InChI is InChI=1S/C23H22F3N5O3.C20H19N5O4/c1-4-30-12-15(11-29-30)14-7-17-22(27-10-14)31(13-28-17)16-8-19(33-2)21(20(9-16)34-3)18(32)5-6-23(24,25)26;1-4-24-10-13(9-23-24)12-5-15-19(21-8-12)25(11-22-15)14-6-16(28-2)18(20(26)27)17(7-14)29-3/h7-13H,4-6H2,1-3H3;5-11H,4H2,1-3H3,(H,26,27). The van der Waals surface area contributed by atoms with Gasteiger partial charge in [0.05, 0.1) is 58.6 Å². The molecule has 0 fully saturated rings. The number of aryl methyl sites for hydroxylation is 2. The number of benzene rings is 2. The molecule has 2 aromatic carbocycles. The molecule has 326 valence electrons. The summed E-state index contributed by atoms with van der Waals surface area (Å²) in [5, 5.41) is 18.0. The molecule has 0 radical (unpaired) electrons. The number of nitrogens with zero attached hydrogens (tertiary/aromatic N) is 10. The van der Waals surface area contributed by atoms with Crippen molar-refractivity contribution in [2.75, 3.05) is 28.4 Å². The van der Waals surface area contributed by atoms with Crippen LogP contribution in [0.5, 0.6) is 23.0 Å². The van der Waals surface area contributed by atoms with Crippen LogP contribution >= 0.6 is 0 Å². The monoisotopic (exact) mass is 866 g/mol. The number of carboxylic acids is 1. The number of ketones is 1. The highest BCUT2D eigenvalue weighted by atomic mass is 19.4. The van der Waals surface area contributed by atoms with Gasteiger partial charge in [-0.05, 0) is 26.0 Å². The van der Waals surface area contributed by atoms with Crippen LogP contribution in [-0.4, -0.2) is 100 Å². The molecule has 8 rings (SSSR count). The molecular weight excluding hydrogens is 826 g/mol. The van der Waals surface area contributed by atoms with Crippen LogP contribution < -0.4 is 18.9 Å². The number of Topliss-reactive ketones (excluding diaryl/α,β-unsaturated/α-hetero) is 1. The number of halogens is 3. The van der Waals surface area contributed by atoms with Crippen molar-refractivity contribution in [1.29, 1.82) is 0 Å². The molecule has 0 aliphatic carbocycles. The zero-order chi connectivity index (χ0) is 45.0. The second-order valence-electron chi connectivity index (χ2n) is 13.8. The molecule has 0 amide bonds. The van der Waals surface area contributed by atoms with Crippen molar-refractivity contribution < 1.29 is 46.8 Å². The lowest BCUT2D eigenvalue weighted by Gasteiger charge is -2.15. The molecule has 0 aliphatic heterocycles. The molecule has 0 aliphatic rings. The van der Waals surface area contributed by atoms with E-state index < -0.39 is 30.8 Å². The van der Waals surface area contributed by atoms with Crippen molar-refractivity contribution in [1.82, 2.24) is 48.6 Å². The fourth-order valence-electron chi connectivity index (χ4n) is 6.81. The van der Waals surface area contributed by atoms with E-state index in [1.54, 1.807) is 70.8 Å². The van der Waals surface area contributed by atoms with Gasteiger partial charge in [-0.15, -0.1) is 0 Å². The first kappa shape index (κ1) is 43.3. The van der Waals surface area contributed by atoms with Crippen molar-refractivity contribution in [3.8, 4) is 56.6 Å². The maximum Gasteiger partial charge on any atom is 0.389 e. The summed E-state index contributed by atoms with van der Waals surface area (Å²) in [7, 11) is 5.51. The summed E-state index contributed by atoms with van der Waals surface area (Å²) in [4.78, 5) is 42.1. The van der Waals surface area contributed by atoms with Crippen LogP contribution in [-0.2, 0) is 13.1 Å². The third kappa shape index (κ3) is 9.00. The van der Waals surface area contributed by atoms with Gasteiger partial charge in [-0.2, -0.15) is 23.4 Å². The number of hydrogen-bond acceptors (Lipinski definition) is 12. The first-order valence-corrected chi connectivity index (χ1v) is 19.4. The summed E-state index contributed by atoms with van der Waals surface area (Å²) >= 11 is 0. The number of methoxy groups -OCH3 is 4. The summed E-state index contributed by atoms with van der Waals surface area (Å²) < 4.78 is 66.1. The third-order valence-electron chi connectivity index (χ3n) is 10.0. The molecule has 0 spiro atoms. The van der Waals surface area contributed by atoms with E-state index in [-0.39, 0.29) is 34.1 Å². The first-order valence-electron chi connectivity index (χ1n) is 19.4. The van der Waals surface area contributed by atoms with Crippen LogP contribution in [0.3, 0.4) is 0 Å². The normalized spacial score (nSPS) is 11.4. The lowest BCUT2D eigenvalue weighted by atomic mass is 10.0. The van der Waals surface area contributed by atoms with Gasteiger partial charge in [0.15, 0.2) is 17.1 Å². The van der Waals surface area contributed by atoms with Gasteiger partial charge < -0.3 is 24.1 Å². The Labute approximate surface area is 357 Å². The van der Waals surface area contributed by atoms with Crippen LogP contribution in [0.1, 0.15) is 47.4 Å². The lowest BCUT2D eigenvalue weighted by Crippen LogP contribution is -2.13. The summed E-state index contributed by atoms with van der Waals surface area (Å²) in [6, 6.07) is 10.2. The molecule has 17 nitrogen and oxygen atoms in total. The SMILES string of the molecule is CCn1cc(-c2cnc3c(c2)ncn3-c2cc(OC)c(C(=O)CCC(F)(F)F)c(OC)c2)cn1.CCn1cc(-c2cnc3c(c2)ncn3-c2cc(OC)c(C(=O)O)c(OC)c2)cn1. The molecule has 6 aromatic heterocycles. The van der Waals surface area contributed by atoms with Gasteiger partial charge in [0.1, 0.15) is 57.8 Å². The fourth-order valence-corrected chi connectivity index (χ4v) is 6.81. The van der Waals surface area contributed by atoms with E-state index in [0.29, 0.717) is 33.7 Å². The molecule has 0 unspecified atom stereocenters. The number of imidazole rings is 2. The van der Waals surface area contributed by atoms with E-state index in [1.165, 1.54) is 28.4 Å². The molecule has 0 bridgehead atoms. The van der Waals surface area contributed by atoms with Crippen molar-refractivity contribution in [3.05, 3.63) is 97.4 Å². The summed E-state index contributed by atoms with van der Waals surface area (Å²) in [5.41, 5.74) is 7.25. The smallest absolute Gasteiger partial charge is 0.389 e. The zero-order valence-electron chi connectivity index (χ0n) is 34.9. The second kappa shape index (κ2) is 18.1. The number of fused-ring (bicyclic) bond motifs is 2. The fraction of sp³-hybridized carbons (Fsp3) is 0.256. The minimum atomic E-state index is -4.44. The molecule has 6 heterocycles. The molecule has 0 saturated heterocycles. The molecule has 20 heteroatoms. The van der Waals surface area contributed by atoms with E-state index in [4.69, 9.17) is 18.9 Å². The summed E-state index contributed by atoms with van der Waals surface area (Å²) in [6.07, 6.45) is 7.73. The number of rotatable bonds is 14. The molecule has 63 heavy (non-hydrogen) atoms. The maximum absolute atomic E-state index is 12.6. The van der Waals surface area contributed by atoms with Crippen molar-refractivity contribution >= 4 is 34.1 Å². The van der Waals surface area contributed by atoms with Gasteiger partial charge in [0.25, 0.3) is 0 Å². The Kier molecular flexibility index (Phi) is 12.4. The quantitative estimate of drug-likeness (QED) is 0.104. The Hall–Kier alpha value is -7.77. The largest absolute Gasteiger partial charge is 0.496 e. The van der Waals surface area contributed by atoms with Gasteiger partial charge in [-0.1, -0.05) is 0 Å². The molecule has 0 atom stereocenters. The van der Waals surface area contributed by atoms with E-state index in [0.717, 1.165) is 35.3 Å². The molecule has 8 aromatic rings. The van der Waals surface area contributed by atoms with E-state index in [9.17, 15) is 27.9 Å². The minimum absolute atomic E-state index is 0.0358. The van der Waals surface area contributed by atoms with Crippen molar-refractivity contribution in [2.24, 2.45) is 0 Å². The van der Waals surface area contributed by atoms with Gasteiger partial charge in [-0.3, -0.25) is 23.3 Å². The second-order valence-corrected chi connectivity index (χ2v) is 13.8. The van der Waals surface area contributed by atoms with Crippen LogP contribution in [0, 0.1) is 0 Å². The van der Waals surface area contributed by atoms with Gasteiger partial charge >= 0.3 is 12.1 Å². The Morgan fingerprint density at radius 1 is 0.603 bits per heavy atom. The van der Waals surface area contributed by atoms with Gasteiger partial charge in [0, 0.05) is 90.8 Å². The van der Waals surface area contributed by atoms with E-state index >= 15 is 0 Å². The molecule has 0 saturated carbocycles. The number of ether oxygens (including phenoxy) is 4. The zero-order valence-corrected chi connectivity index (χ0v) is 34.9. The topological polar surface area (TPSA) is 188 Å². The van der Waals surface area contributed by atoms with Crippen molar-refractivity contribution in [3.63, 3.8) is 0 Å². The maximum atomic E-state index is 12.6. The predicted molar refractivity (Wildman–Crippen MR) is 224 cm³/mol.